The number of allylic oxidation sites excluding steroid dienone is 2. The smallest absolute Gasteiger partial charge is 0.182 e. The maximum atomic E-state index is 11.9. The normalized spacial score (nSPS) is 13.4. The molecule has 0 aliphatic carbocycles. The number of aryl methyl sites for hydroxylation is 1. The lowest BCUT2D eigenvalue weighted by atomic mass is 10.1. The molecule has 17 heavy (non-hydrogen) atoms. The highest BCUT2D eigenvalue weighted by molar-refractivity contribution is 14.0. The third-order valence-corrected chi connectivity index (χ3v) is 2.60. The summed E-state index contributed by atoms with van der Waals surface area (Å²) in [7, 11) is 0. The summed E-state index contributed by atoms with van der Waals surface area (Å²) in [4.78, 5) is 13.9. The number of hydrogen-bond acceptors (Lipinski definition) is 2. The molecule has 1 heterocycles. The number of nitrogens with zero attached hydrogens (tertiary/aromatic N) is 1. The third kappa shape index (κ3) is 4.00. The van der Waals surface area contributed by atoms with E-state index in [9.17, 15) is 4.79 Å². The molecule has 2 rings (SSSR count). The SMILES string of the molecule is Cc1ccc(C(=O)CN2C=CC=CC2)cc1.I. The van der Waals surface area contributed by atoms with Gasteiger partial charge in [0, 0.05) is 12.1 Å². The van der Waals surface area contributed by atoms with Crippen molar-refractivity contribution in [1.29, 1.82) is 0 Å². The van der Waals surface area contributed by atoms with Crippen LogP contribution in [0.25, 0.3) is 0 Å². The van der Waals surface area contributed by atoms with Crippen LogP contribution in [-0.2, 0) is 0 Å². The van der Waals surface area contributed by atoms with Crippen LogP contribution in [0.15, 0.2) is 48.7 Å². The Morgan fingerprint density at radius 3 is 2.53 bits per heavy atom. The molecule has 3 heteroatoms. The topological polar surface area (TPSA) is 20.3 Å². The van der Waals surface area contributed by atoms with Gasteiger partial charge in [0.2, 0.25) is 0 Å². The standard InChI is InChI=1S/C14H15NO.HI/c1-12-5-7-13(8-6-12)14(16)11-15-9-3-2-4-10-15;/h2-9H,10-11H2,1H3;1H. The van der Waals surface area contributed by atoms with Gasteiger partial charge in [0.1, 0.15) is 0 Å². The Hall–Kier alpha value is -1.10. The van der Waals surface area contributed by atoms with Gasteiger partial charge in [-0.25, -0.2) is 0 Å². The van der Waals surface area contributed by atoms with Crippen LogP contribution in [0.5, 0.6) is 0 Å². The molecule has 0 fully saturated rings. The Bertz CT molecular complexity index is 434. The number of rotatable bonds is 3. The highest BCUT2D eigenvalue weighted by Gasteiger charge is 2.09. The number of halogens is 1. The van der Waals surface area contributed by atoms with E-state index in [1.54, 1.807) is 0 Å². The molecule has 0 radical (unpaired) electrons. The molecule has 0 atom stereocenters. The molecule has 1 aliphatic rings. The zero-order valence-corrected chi connectivity index (χ0v) is 12.1. The first-order valence-corrected chi connectivity index (χ1v) is 5.43. The maximum Gasteiger partial charge on any atom is 0.182 e. The average Bonchev–Trinajstić information content (AvgIpc) is 2.31. The first kappa shape index (κ1) is 14.0. The molecule has 0 aromatic heterocycles. The number of carbonyl (C=O) groups excluding carboxylic acids is 1. The van der Waals surface area contributed by atoms with Crippen LogP contribution in [-0.4, -0.2) is 23.8 Å². The van der Waals surface area contributed by atoms with E-state index >= 15 is 0 Å². The lowest BCUT2D eigenvalue weighted by Gasteiger charge is -2.19. The van der Waals surface area contributed by atoms with Crippen LogP contribution < -0.4 is 0 Å². The van der Waals surface area contributed by atoms with Gasteiger partial charge < -0.3 is 4.90 Å². The summed E-state index contributed by atoms with van der Waals surface area (Å²) in [6, 6.07) is 7.72. The summed E-state index contributed by atoms with van der Waals surface area (Å²) in [5.41, 5.74) is 1.96. The van der Waals surface area contributed by atoms with Gasteiger partial charge >= 0.3 is 0 Å². The predicted octanol–water partition coefficient (Wildman–Crippen LogP) is 3.18. The Morgan fingerprint density at radius 1 is 1.24 bits per heavy atom. The number of Topliss-reactive ketones (excluding diaryl/α,β-unsaturated/α-hetero) is 1. The van der Waals surface area contributed by atoms with Gasteiger partial charge in [0.15, 0.2) is 5.78 Å². The Labute approximate surface area is 119 Å². The Morgan fingerprint density at radius 2 is 1.94 bits per heavy atom. The first-order valence-electron chi connectivity index (χ1n) is 5.43. The summed E-state index contributed by atoms with van der Waals surface area (Å²) in [5, 5.41) is 0. The molecule has 1 aromatic carbocycles. The summed E-state index contributed by atoms with van der Waals surface area (Å²) in [6.07, 6.45) is 7.94. The summed E-state index contributed by atoms with van der Waals surface area (Å²) >= 11 is 0. The summed E-state index contributed by atoms with van der Waals surface area (Å²) in [6.45, 7) is 3.28. The molecule has 0 N–H and O–H groups in total. The lowest BCUT2D eigenvalue weighted by molar-refractivity contribution is 0.0959. The quantitative estimate of drug-likeness (QED) is 0.622. The Balaban J connectivity index is 0.00000144. The van der Waals surface area contributed by atoms with Crippen LogP contribution in [0.1, 0.15) is 15.9 Å². The van der Waals surface area contributed by atoms with Crippen LogP contribution in [0.3, 0.4) is 0 Å². The second kappa shape index (κ2) is 6.59. The molecular weight excluding hydrogens is 325 g/mol. The van der Waals surface area contributed by atoms with Crippen molar-refractivity contribution in [3.05, 3.63) is 59.8 Å². The van der Waals surface area contributed by atoms with Crippen molar-refractivity contribution in [1.82, 2.24) is 4.90 Å². The van der Waals surface area contributed by atoms with Gasteiger partial charge in [-0.2, -0.15) is 0 Å². The van der Waals surface area contributed by atoms with Crippen molar-refractivity contribution in [3.63, 3.8) is 0 Å². The molecule has 1 aliphatic heterocycles. The minimum atomic E-state index is 0. The second-order valence-electron chi connectivity index (χ2n) is 3.99. The number of benzene rings is 1. The zero-order valence-electron chi connectivity index (χ0n) is 9.80. The van der Waals surface area contributed by atoms with Crippen LogP contribution >= 0.6 is 24.0 Å². The van der Waals surface area contributed by atoms with E-state index in [-0.39, 0.29) is 29.8 Å². The third-order valence-electron chi connectivity index (χ3n) is 2.60. The molecule has 0 spiro atoms. The number of ketones is 1. The first-order chi connectivity index (χ1) is 7.75. The molecular formula is C14H16INO. The maximum absolute atomic E-state index is 11.9. The van der Waals surface area contributed by atoms with Crippen molar-refractivity contribution in [2.75, 3.05) is 13.1 Å². The predicted molar refractivity (Wildman–Crippen MR) is 80.8 cm³/mol. The van der Waals surface area contributed by atoms with Gasteiger partial charge in [-0.15, -0.1) is 24.0 Å². The van der Waals surface area contributed by atoms with Crippen molar-refractivity contribution in [2.24, 2.45) is 0 Å². The number of hydrogen-bond donors (Lipinski definition) is 0. The monoisotopic (exact) mass is 341 g/mol. The fraction of sp³-hybridized carbons (Fsp3) is 0.214. The Kier molecular flexibility index (Phi) is 5.41. The molecule has 1 aromatic rings. The number of carbonyl (C=O) groups is 1. The summed E-state index contributed by atoms with van der Waals surface area (Å²) < 4.78 is 0. The molecule has 0 amide bonds. The average molecular weight is 341 g/mol. The van der Waals surface area contributed by atoms with Gasteiger partial charge in [0.25, 0.3) is 0 Å². The molecule has 0 unspecified atom stereocenters. The largest absolute Gasteiger partial charge is 0.366 e. The zero-order chi connectivity index (χ0) is 11.4. The van der Waals surface area contributed by atoms with Gasteiger partial charge in [-0.05, 0) is 19.2 Å². The molecule has 0 saturated carbocycles. The van der Waals surface area contributed by atoms with E-state index in [2.05, 4.69) is 0 Å². The van der Waals surface area contributed by atoms with Gasteiger partial charge in [-0.1, -0.05) is 42.0 Å². The van der Waals surface area contributed by atoms with Crippen molar-refractivity contribution in [3.8, 4) is 0 Å². The van der Waals surface area contributed by atoms with E-state index in [0.717, 1.165) is 12.1 Å². The highest BCUT2D eigenvalue weighted by atomic mass is 127. The van der Waals surface area contributed by atoms with E-state index in [1.165, 1.54) is 5.56 Å². The van der Waals surface area contributed by atoms with Gasteiger partial charge in [-0.3, -0.25) is 4.79 Å². The van der Waals surface area contributed by atoms with Gasteiger partial charge in [0.05, 0.1) is 6.54 Å². The molecule has 0 bridgehead atoms. The lowest BCUT2D eigenvalue weighted by Crippen LogP contribution is -2.26. The van der Waals surface area contributed by atoms with E-state index in [1.807, 2.05) is 60.5 Å². The van der Waals surface area contributed by atoms with Crippen molar-refractivity contribution in [2.45, 2.75) is 6.92 Å². The van der Waals surface area contributed by atoms with Crippen LogP contribution in [0, 0.1) is 6.92 Å². The minimum Gasteiger partial charge on any atom is -0.366 e. The van der Waals surface area contributed by atoms with Crippen molar-refractivity contribution >= 4 is 29.8 Å². The highest BCUT2D eigenvalue weighted by Crippen LogP contribution is 2.06. The van der Waals surface area contributed by atoms with E-state index < -0.39 is 0 Å². The molecule has 2 nitrogen and oxygen atoms in total. The van der Waals surface area contributed by atoms with Crippen LogP contribution in [0.4, 0.5) is 0 Å². The summed E-state index contributed by atoms with van der Waals surface area (Å²) in [5.74, 6) is 0.167. The fourth-order valence-electron chi connectivity index (χ4n) is 1.64. The van der Waals surface area contributed by atoms with E-state index in [0.29, 0.717) is 6.54 Å². The van der Waals surface area contributed by atoms with E-state index in [4.69, 9.17) is 0 Å². The molecule has 0 saturated heterocycles. The second-order valence-corrected chi connectivity index (χ2v) is 3.99. The fourth-order valence-corrected chi connectivity index (χ4v) is 1.64. The van der Waals surface area contributed by atoms with Crippen molar-refractivity contribution < 1.29 is 4.79 Å². The minimum absolute atomic E-state index is 0. The molecule has 90 valence electrons. The van der Waals surface area contributed by atoms with Crippen LogP contribution in [0.2, 0.25) is 0 Å².